The molecule has 0 aromatic carbocycles. The van der Waals surface area contributed by atoms with E-state index in [0.29, 0.717) is 10.8 Å². The third-order valence-corrected chi connectivity index (χ3v) is 6.59. The van der Waals surface area contributed by atoms with Gasteiger partial charge in [0.15, 0.2) is 0 Å². The molecule has 2 rings (SSSR count). The van der Waals surface area contributed by atoms with E-state index in [0.717, 1.165) is 11.8 Å². The van der Waals surface area contributed by atoms with E-state index in [1.807, 2.05) is 5.57 Å². The van der Waals surface area contributed by atoms with E-state index in [9.17, 15) is 0 Å². The van der Waals surface area contributed by atoms with Crippen LogP contribution >= 0.6 is 11.8 Å². The molecule has 110 valence electrons. The Hall–Kier alpha value is 0.0500. The average Bonchev–Trinajstić information content (AvgIpc) is 2.69. The van der Waals surface area contributed by atoms with Crippen LogP contribution in [0.25, 0.3) is 0 Å². The summed E-state index contributed by atoms with van der Waals surface area (Å²) in [7, 11) is 0. The van der Waals surface area contributed by atoms with Crippen molar-refractivity contribution in [2.24, 2.45) is 11.8 Å². The summed E-state index contributed by atoms with van der Waals surface area (Å²) in [6.45, 7) is 16.8. The molecular weight excluding hydrogens is 250 g/mol. The zero-order chi connectivity index (χ0) is 14.2. The number of rotatable bonds is 3. The lowest BCUT2D eigenvalue weighted by atomic mass is 9.78. The molecule has 1 fully saturated rings. The van der Waals surface area contributed by atoms with Crippen molar-refractivity contribution in [3.05, 3.63) is 11.1 Å². The lowest BCUT2D eigenvalue weighted by Crippen LogP contribution is -2.46. The van der Waals surface area contributed by atoms with Crippen LogP contribution < -0.4 is 0 Å². The van der Waals surface area contributed by atoms with Gasteiger partial charge in [-0.3, -0.25) is 0 Å². The molecule has 2 aliphatic heterocycles. The summed E-state index contributed by atoms with van der Waals surface area (Å²) in [6, 6.07) is 0.708. The van der Waals surface area contributed by atoms with Crippen molar-refractivity contribution < 1.29 is 0 Å². The standard InChI is InChI=1S/C17H31NS/c1-12(2)15-11-19-17(16(15)13(3)4)7-9-18(10-8-17)14(5)6/h12-14H,7-11H2,1-6H3. The smallest absolute Gasteiger partial charge is 0.0401 e. The van der Waals surface area contributed by atoms with Crippen molar-refractivity contribution >= 4 is 11.8 Å². The lowest BCUT2D eigenvalue weighted by molar-refractivity contribution is 0.169. The van der Waals surface area contributed by atoms with Gasteiger partial charge in [0.05, 0.1) is 0 Å². The van der Waals surface area contributed by atoms with Gasteiger partial charge >= 0.3 is 0 Å². The Morgan fingerprint density at radius 3 is 1.95 bits per heavy atom. The molecule has 0 aliphatic carbocycles. The first-order valence-corrected chi connectivity index (χ1v) is 8.97. The van der Waals surface area contributed by atoms with E-state index in [-0.39, 0.29) is 0 Å². The first-order valence-electron chi connectivity index (χ1n) is 7.99. The van der Waals surface area contributed by atoms with Crippen LogP contribution in [-0.4, -0.2) is 34.5 Å². The maximum Gasteiger partial charge on any atom is 0.0401 e. The predicted octanol–water partition coefficient (Wildman–Crippen LogP) is 4.58. The van der Waals surface area contributed by atoms with Gasteiger partial charge in [0, 0.05) is 29.6 Å². The van der Waals surface area contributed by atoms with Crippen molar-refractivity contribution in [1.29, 1.82) is 0 Å². The highest BCUT2D eigenvalue weighted by atomic mass is 32.2. The molecule has 0 bridgehead atoms. The lowest BCUT2D eigenvalue weighted by Gasteiger charge is -2.43. The third kappa shape index (κ3) is 2.90. The molecule has 2 aliphatic rings. The molecule has 0 saturated carbocycles. The topological polar surface area (TPSA) is 3.24 Å². The fourth-order valence-electron chi connectivity index (χ4n) is 3.85. The monoisotopic (exact) mass is 281 g/mol. The first kappa shape index (κ1) is 15.4. The molecule has 0 aromatic heterocycles. The second-order valence-electron chi connectivity index (χ2n) is 7.16. The quantitative estimate of drug-likeness (QED) is 0.696. The molecule has 0 atom stereocenters. The van der Waals surface area contributed by atoms with Gasteiger partial charge in [-0.15, -0.1) is 11.8 Å². The highest BCUT2D eigenvalue weighted by molar-refractivity contribution is 8.01. The van der Waals surface area contributed by atoms with Crippen LogP contribution in [-0.2, 0) is 0 Å². The van der Waals surface area contributed by atoms with E-state index in [1.54, 1.807) is 5.57 Å². The highest BCUT2D eigenvalue weighted by Gasteiger charge is 2.45. The van der Waals surface area contributed by atoms with E-state index in [1.165, 1.54) is 31.7 Å². The predicted molar refractivity (Wildman–Crippen MR) is 87.8 cm³/mol. The van der Waals surface area contributed by atoms with Crippen LogP contribution in [0.1, 0.15) is 54.4 Å². The summed E-state index contributed by atoms with van der Waals surface area (Å²) < 4.78 is 0.485. The minimum atomic E-state index is 0.485. The second-order valence-corrected chi connectivity index (χ2v) is 8.52. The van der Waals surface area contributed by atoms with Crippen LogP contribution in [0.5, 0.6) is 0 Å². The number of piperidine rings is 1. The van der Waals surface area contributed by atoms with Gasteiger partial charge in [-0.05, 0) is 38.5 Å². The number of nitrogens with zero attached hydrogens (tertiary/aromatic N) is 1. The SMILES string of the molecule is CC(C)C1=C(C(C)C)C2(CCN(C(C)C)CC2)SC1. The van der Waals surface area contributed by atoms with Crippen LogP contribution in [0.3, 0.4) is 0 Å². The van der Waals surface area contributed by atoms with E-state index >= 15 is 0 Å². The Bertz CT molecular complexity index is 346. The van der Waals surface area contributed by atoms with Crippen LogP contribution in [0.15, 0.2) is 11.1 Å². The first-order chi connectivity index (χ1) is 8.87. The van der Waals surface area contributed by atoms with Gasteiger partial charge in [0.1, 0.15) is 0 Å². The number of thioether (sulfide) groups is 1. The zero-order valence-corrected chi connectivity index (χ0v) is 14.4. The summed E-state index contributed by atoms with van der Waals surface area (Å²) >= 11 is 2.25. The average molecular weight is 282 g/mol. The molecule has 1 saturated heterocycles. The Labute approximate surface area is 124 Å². The van der Waals surface area contributed by atoms with Crippen molar-refractivity contribution in [2.75, 3.05) is 18.8 Å². The molecule has 0 amide bonds. The fraction of sp³-hybridized carbons (Fsp3) is 0.882. The van der Waals surface area contributed by atoms with Crippen molar-refractivity contribution in [3.8, 4) is 0 Å². The molecule has 1 nitrogen and oxygen atoms in total. The number of hydrogen-bond donors (Lipinski definition) is 0. The second kappa shape index (κ2) is 5.81. The Morgan fingerprint density at radius 1 is 0.947 bits per heavy atom. The Morgan fingerprint density at radius 2 is 1.53 bits per heavy atom. The molecule has 19 heavy (non-hydrogen) atoms. The molecular formula is C17H31NS. The summed E-state index contributed by atoms with van der Waals surface area (Å²) in [5.41, 5.74) is 3.58. The summed E-state index contributed by atoms with van der Waals surface area (Å²) in [5.74, 6) is 2.73. The minimum absolute atomic E-state index is 0.485. The molecule has 0 unspecified atom stereocenters. The van der Waals surface area contributed by atoms with Crippen LogP contribution in [0.2, 0.25) is 0 Å². The molecule has 2 heteroatoms. The Balaban J connectivity index is 2.21. The van der Waals surface area contributed by atoms with Crippen molar-refractivity contribution in [1.82, 2.24) is 4.90 Å². The van der Waals surface area contributed by atoms with Crippen LogP contribution in [0, 0.1) is 11.8 Å². The number of hydrogen-bond acceptors (Lipinski definition) is 2. The summed E-state index contributed by atoms with van der Waals surface area (Å²) in [5, 5.41) is 0. The summed E-state index contributed by atoms with van der Waals surface area (Å²) in [6.07, 6.45) is 2.72. The normalized spacial score (nSPS) is 24.5. The molecule has 0 aromatic rings. The van der Waals surface area contributed by atoms with Gasteiger partial charge in [0.2, 0.25) is 0 Å². The highest BCUT2D eigenvalue weighted by Crippen LogP contribution is 2.53. The van der Waals surface area contributed by atoms with Crippen molar-refractivity contribution in [2.45, 2.75) is 65.2 Å². The maximum atomic E-state index is 2.65. The number of likely N-dealkylation sites (tertiary alicyclic amines) is 1. The largest absolute Gasteiger partial charge is 0.301 e. The van der Waals surface area contributed by atoms with Crippen molar-refractivity contribution in [3.63, 3.8) is 0 Å². The van der Waals surface area contributed by atoms with Crippen LogP contribution in [0.4, 0.5) is 0 Å². The molecule has 1 spiro atoms. The zero-order valence-electron chi connectivity index (χ0n) is 13.6. The van der Waals surface area contributed by atoms with Gasteiger partial charge < -0.3 is 4.90 Å². The van der Waals surface area contributed by atoms with E-state index in [2.05, 4.69) is 58.2 Å². The maximum absolute atomic E-state index is 2.65. The van der Waals surface area contributed by atoms with Gasteiger partial charge in [-0.2, -0.15) is 0 Å². The minimum Gasteiger partial charge on any atom is -0.301 e. The molecule has 0 N–H and O–H groups in total. The van der Waals surface area contributed by atoms with Gasteiger partial charge in [-0.25, -0.2) is 0 Å². The molecule has 0 radical (unpaired) electrons. The third-order valence-electron chi connectivity index (χ3n) is 4.95. The summed E-state index contributed by atoms with van der Waals surface area (Å²) in [4.78, 5) is 2.65. The van der Waals surface area contributed by atoms with E-state index in [4.69, 9.17) is 0 Å². The molecule has 2 heterocycles. The van der Waals surface area contributed by atoms with Gasteiger partial charge in [0.25, 0.3) is 0 Å². The van der Waals surface area contributed by atoms with Gasteiger partial charge in [-0.1, -0.05) is 38.8 Å². The fourth-order valence-corrected chi connectivity index (χ4v) is 5.77. The Kier molecular flexibility index (Phi) is 4.72. The van der Waals surface area contributed by atoms with E-state index < -0.39 is 0 Å².